The van der Waals surface area contributed by atoms with Crippen LogP contribution in [0.5, 0.6) is 0 Å². The molecule has 7 rings (SSSR count). The molecule has 1 saturated carbocycles. The van der Waals surface area contributed by atoms with Gasteiger partial charge in [-0.2, -0.15) is 5.10 Å². The number of hydrogen-bond donors (Lipinski definition) is 4. The molecule has 200 valence electrons. The van der Waals surface area contributed by atoms with Crippen LogP contribution in [0.25, 0.3) is 55.0 Å². The fraction of sp³-hybridized carbons (Fsp3) is 0.233. The van der Waals surface area contributed by atoms with E-state index in [4.69, 9.17) is 0 Å². The number of ketones is 1. The molecule has 1 aliphatic carbocycles. The summed E-state index contributed by atoms with van der Waals surface area (Å²) in [6.07, 6.45) is 10.9. The van der Waals surface area contributed by atoms with Crippen molar-refractivity contribution in [2.24, 2.45) is 5.92 Å². The standard InChI is InChI=1S/C30H27N7O2S/c1-16(38)26-6-7-27(40-26)20-8-9-32-29-21(20)11-24(35-29)28-22-12-23(33-15-25(22)36-37-28)18-10-19(14-31-13-18)34-30(39)17-4-2-3-5-17/h6-15,17,30,34,39H,2-5H2,1H3,(H,32,35)(H,36,37). The van der Waals surface area contributed by atoms with E-state index in [1.54, 1.807) is 31.7 Å². The molecule has 1 fully saturated rings. The number of pyridine rings is 3. The Balaban J connectivity index is 1.23. The van der Waals surface area contributed by atoms with Crippen LogP contribution in [0.1, 0.15) is 42.3 Å². The van der Waals surface area contributed by atoms with Crippen molar-refractivity contribution < 1.29 is 9.90 Å². The predicted octanol–water partition coefficient (Wildman–Crippen LogP) is 6.41. The second-order valence-electron chi connectivity index (χ2n) is 10.3. The van der Waals surface area contributed by atoms with E-state index in [1.807, 2.05) is 30.3 Å². The lowest BCUT2D eigenvalue weighted by molar-refractivity contribution is 0.102. The van der Waals surface area contributed by atoms with E-state index in [9.17, 15) is 9.90 Å². The second kappa shape index (κ2) is 9.96. The number of rotatable bonds is 7. The first-order chi connectivity index (χ1) is 19.5. The third-order valence-corrected chi connectivity index (χ3v) is 8.87. The molecule has 9 nitrogen and oxygen atoms in total. The Labute approximate surface area is 233 Å². The maximum absolute atomic E-state index is 11.8. The van der Waals surface area contributed by atoms with Crippen molar-refractivity contribution in [3.05, 3.63) is 66.1 Å². The van der Waals surface area contributed by atoms with Crippen LogP contribution in [0.3, 0.4) is 0 Å². The van der Waals surface area contributed by atoms with E-state index in [-0.39, 0.29) is 11.7 Å². The average molecular weight is 550 g/mol. The van der Waals surface area contributed by atoms with Gasteiger partial charge in [-0.1, -0.05) is 12.8 Å². The third-order valence-electron chi connectivity index (χ3n) is 7.65. The molecule has 0 amide bonds. The number of anilines is 1. The van der Waals surface area contributed by atoms with E-state index >= 15 is 0 Å². The molecule has 0 aromatic carbocycles. The first kappa shape index (κ1) is 24.6. The van der Waals surface area contributed by atoms with E-state index in [0.29, 0.717) is 0 Å². The van der Waals surface area contributed by atoms with Crippen molar-refractivity contribution in [1.82, 2.24) is 30.1 Å². The Morgan fingerprint density at radius 2 is 1.95 bits per heavy atom. The van der Waals surface area contributed by atoms with Crippen LogP contribution in [-0.2, 0) is 0 Å². The molecule has 0 spiro atoms. The summed E-state index contributed by atoms with van der Waals surface area (Å²) in [5.74, 6) is 0.333. The van der Waals surface area contributed by atoms with Crippen LogP contribution >= 0.6 is 11.3 Å². The molecule has 0 radical (unpaired) electrons. The van der Waals surface area contributed by atoms with Crippen LogP contribution in [-0.4, -0.2) is 47.3 Å². The minimum absolute atomic E-state index is 0.0604. The zero-order valence-corrected chi connectivity index (χ0v) is 22.6. The highest BCUT2D eigenvalue weighted by Gasteiger charge is 2.23. The molecule has 1 unspecified atom stereocenters. The number of thiophene rings is 1. The van der Waals surface area contributed by atoms with Crippen molar-refractivity contribution in [3.63, 3.8) is 0 Å². The fourth-order valence-electron chi connectivity index (χ4n) is 5.54. The molecule has 1 atom stereocenters. The van der Waals surface area contributed by atoms with Crippen LogP contribution in [0.4, 0.5) is 5.69 Å². The highest BCUT2D eigenvalue weighted by atomic mass is 32.1. The summed E-state index contributed by atoms with van der Waals surface area (Å²) in [5, 5.41) is 23.4. The molecule has 0 saturated heterocycles. The maximum Gasteiger partial charge on any atom is 0.169 e. The second-order valence-corrected chi connectivity index (χ2v) is 11.4. The average Bonchev–Trinajstić information content (AvgIpc) is 3.78. The van der Waals surface area contributed by atoms with E-state index in [1.165, 1.54) is 24.2 Å². The minimum atomic E-state index is -0.584. The molecule has 6 aromatic heterocycles. The monoisotopic (exact) mass is 549 g/mol. The van der Waals surface area contributed by atoms with Crippen molar-refractivity contribution in [1.29, 1.82) is 0 Å². The summed E-state index contributed by atoms with van der Waals surface area (Å²) in [7, 11) is 0. The normalized spacial score (nSPS) is 14.8. The molecule has 6 aromatic rings. The number of carbonyl (C=O) groups is 1. The van der Waals surface area contributed by atoms with Gasteiger partial charge >= 0.3 is 0 Å². The number of H-pyrrole nitrogens is 2. The number of nitrogens with zero attached hydrogens (tertiary/aromatic N) is 4. The zero-order valence-electron chi connectivity index (χ0n) is 21.8. The number of aromatic amines is 2. The summed E-state index contributed by atoms with van der Waals surface area (Å²) < 4.78 is 0. The van der Waals surface area contributed by atoms with Gasteiger partial charge in [0.1, 0.15) is 17.6 Å². The fourth-order valence-corrected chi connectivity index (χ4v) is 6.48. The van der Waals surface area contributed by atoms with E-state index in [2.05, 4.69) is 41.5 Å². The summed E-state index contributed by atoms with van der Waals surface area (Å²) in [6.45, 7) is 1.58. The number of aliphatic hydroxyl groups is 1. The largest absolute Gasteiger partial charge is 0.374 e. The van der Waals surface area contributed by atoms with Gasteiger partial charge in [-0.05, 0) is 56.2 Å². The Morgan fingerprint density at radius 3 is 2.77 bits per heavy atom. The Hall–Kier alpha value is -4.41. The van der Waals surface area contributed by atoms with Crippen LogP contribution in [0.2, 0.25) is 0 Å². The first-order valence-corrected chi connectivity index (χ1v) is 14.2. The van der Waals surface area contributed by atoms with E-state index < -0.39 is 6.23 Å². The molecule has 4 N–H and O–H groups in total. The van der Waals surface area contributed by atoms with Gasteiger partial charge in [0, 0.05) is 45.1 Å². The highest BCUT2D eigenvalue weighted by Crippen LogP contribution is 2.37. The third kappa shape index (κ3) is 4.44. The first-order valence-electron chi connectivity index (χ1n) is 13.4. The lowest BCUT2D eigenvalue weighted by atomic mass is 10.1. The summed E-state index contributed by atoms with van der Waals surface area (Å²) in [5.41, 5.74) is 6.54. The van der Waals surface area contributed by atoms with Gasteiger partial charge < -0.3 is 15.4 Å². The smallest absolute Gasteiger partial charge is 0.169 e. The number of carbonyl (C=O) groups excluding carboxylic acids is 1. The number of Topliss-reactive ketones (excluding diaryl/α,β-unsaturated/α-hetero) is 1. The number of aliphatic hydroxyl groups excluding tert-OH is 1. The summed E-state index contributed by atoms with van der Waals surface area (Å²) >= 11 is 1.48. The lowest BCUT2D eigenvalue weighted by Crippen LogP contribution is -2.26. The van der Waals surface area contributed by atoms with Gasteiger partial charge in [-0.25, -0.2) is 4.98 Å². The quantitative estimate of drug-likeness (QED) is 0.133. The summed E-state index contributed by atoms with van der Waals surface area (Å²) in [4.78, 5) is 30.6. The van der Waals surface area contributed by atoms with Crippen molar-refractivity contribution in [2.75, 3.05) is 5.32 Å². The zero-order chi connectivity index (χ0) is 27.2. The lowest BCUT2D eigenvalue weighted by Gasteiger charge is -2.20. The van der Waals surface area contributed by atoms with Crippen molar-refractivity contribution in [2.45, 2.75) is 38.8 Å². The predicted molar refractivity (Wildman–Crippen MR) is 157 cm³/mol. The van der Waals surface area contributed by atoms with Gasteiger partial charge in [-0.3, -0.25) is 19.9 Å². The SMILES string of the molecule is CC(=O)c1ccc(-c2ccnc3[nH]c(-c4n[nH]c5cnc(-c6cncc(NC(O)C7CCCC7)c6)cc45)cc23)s1. The number of aromatic nitrogens is 6. The molecule has 40 heavy (non-hydrogen) atoms. The van der Waals surface area contributed by atoms with Gasteiger partial charge in [0.2, 0.25) is 0 Å². The Morgan fingerprint density at radius 1 is 1.07 bits per heavy atom. The molecular formula is C30H27N7O2S. The topological polar surface area (TPSA) is 132 Å². The number of nitrogens with one attached hydrogen (secondary N) is 3. The minimum Gasteiger partial charge on any atom is -0.374 e. The van der Waals surface area contributed by atoms with Crippen molar-refractivity contribution in [3.8, 4) is 33.1 Å². The van der Waals surface area contributed by atoms with Crippen LogP contribution in [0, 0.1) is 5.92 Å². The Kier molecular flexibility index (Phi) is 6.13. The number of hydrogen-bond acceptors (Lipinski definition) is 8. The Bertz CT molecular complexity index is 1860. The van der Waals surface area contributed by atoms with Crippen molar-refractivity contribution >= 4 is 44.7 Å². The number of fused-ring (bicyclic) bond motifs is 2. The summed E-state index contributed by atoms with van der Waals surface area (Å²) in [6, 6.07) is 11.8. The molecule has 0 aliphatic heterocycles. The van der Waals surface area contributed by atoms with Crippen LogP contribution < -0.4 is 5.32 Å². The maximum atomic E-state index is 11.8. The van der Waals surface area contributed by atoms with Gasteiger partial charge in [0.25, 0.3) is 0 Å². The van der Waals surface area contributed by atoms with Gasteiger partial charge in [-0.15, -0.1) is 11.3 Å². The molecule has 10 heteroatoms. The molecule has 6 heterocycles. The van der Waals surface area contributed by atoms with Gasteiger partial charge in [0.15, 0.2) is 5.78 Å². The highest BCUT2D eigenvalue weighted by molar-refractivity contribution is 7.17. The molecule has 0 bridgehead atoms. The molecular weight excluding hydrogens is 522 g/mol. The molecule has 1 aliphatic rings. The van der Waals surface area contributed by atoms with E-state index in [0.717, 1.165) is 78.4 Å². The van der Waals surface area contributed by atoms with Crippen LogP contribution in [0.15, 0.2) is 61.2 Å². The van der Waals surface area contributed by atoms with Gasteiger partial charge in [0.05, 0.1) is 39.9 Å².